The molecule has 2 rings (SSSR count). The van der Waals surface area contributed by atoms with Crippen molar-refractivity contribution in [3.8, 4) is 5.75 Å². The highest BCUT2D eigenvalue weighted by Gasteiger charge is 2.05. The number of carbonyl (C=O) groups excluding carboxylic acids is 2. The Morgan fingerprint density at radius 3 is 2.56 bits per heavy atom. The van der Waals surface area contributed by atoms with Crippen LogP contribution in [0.4, 0.5) is 4.39 Å². The predicted molar refractivity (Wildman–Crippen MR) is 96.1 cm³/mol. The number of benzene rings is 2. The molecule has 0 aliphatic carbocycles. The highest BCUT2D eigenvalue weighted by atomic mass is 79.9. The normalized spacial score (nSPS) is 10.5. The first kappa shape index (κ1) is 18.7. The maximum atomic E-state index is 12.8. The molecule has 0 aliphatic rings. The maximum absolute atomic E-state index is 12.8. The molecule has 0 heterocycles. The molecule has 7 heteroatoms. The summed E-state index contributed by atoms with van der Waals surface area (Å²) in [6.45, 7) is 1.67. The largest absolute Gasteiger partial charge is 0.484 e. The van der Waals surface area contributed by atoms with E-state index >= 15 is 0 Å². The second-order valence-electron chi connectivity index (χ2n) is 5.12. The minimum Gasteiger partial charge on any atom is -0.484 e. The molecule has 25 heavy (non-hydrogen) atoms. The van der Waals surface area contributed by atoms with Gasteiger partial charge in [0.1, 0.15) is 11.6 Å². The van der Waals surface area contributed by atoms with Crippen molar-refractivity contribution in [1.82, 2.24) is 10.9 Å². The van der Waals surface area contributed by atoms with Gasteiger partial charge in [0.2, 0.25) is 0 Å². The SMILES string of the molecule is Cc1cc(OCC(=O)NNC(=O)C=Cc2ccc(F)cc2)ccc1Br. The van der Waals surface area contributed by atoms with Gasteiger partial charge in [-0.1, -0.05) is 28.1 Å². The molecule has 2 N–H and O–H groups in total. The predicted octanol–water partition coefficient (Wildman–Crippen LogP) is 3.14. The monoisotopic (exact) mass is 406 g/mol. The van der Waals surface area contributed by atoms with E-state index in [2.05, 4.69) is 26.8 Å². The topological polar surface area (TPSA) is 67.4 Å². The van der Waals surface area contributed by atoms with Crippen LogP contribution in [0.3, 0.4) is 0 Å². The number of hydrogen-bond donors (Lipinski definition) is 2. The summed E-state index contributed by atoms with van der Waals surface area (Å²) in [5, 5.41) is 0. The minimum atomic E-state index is -0.517. The number of hydrazine groups is 1. The summed E-state index contributed by atoms with van der Waals surface area (Å²) >= 11 is 3.38. The number of aryl methyl sites for hydroxylation is 1. The van der Waals surface area contributed by atoms with Crippen molar-refractivity contribution >= 4 is 33.8 Å². The number of halogens is 2. The van der Waals surface area contributed by atoms with E-state index in [-0.39, 0.29) is 12.4 Å². The zero-order valence-corrected chi connectivity index (χ0v) is 15.0. The van der Waals surface area contributed by atoms with Gasteiger partial charge in [0.25, 0.3) is 11.8 Å². The number of nitrogens with one attached hydrogen (secondary N) is 2. The highest BCUT2D eigenvalue weighted by Crippen LogP contribution is 2.21. The zero-order valence-electron chi connectivity index (χ0n) is 13.4. The molecule has 5 nitrogen and oxygen atoms in total. The van der Waals surface area contributed by atoms with E-state index in [0.717, 1.165) is 10.0 Å². The van der Waals surface area contributed by atoms with Gasteiger partial charge in [0.05, 0.1) is 0 Å². The van der Waals surface area contributed by atoms with Gasteiger partial charge in [-0.3, -0.25) is 20.4 Å². The fourth-order valence-corrected chi connectivity index (χ4v) is 2.06. The van der Waals surface area contributed by atoms with E-state index in [1.165, 1.54) is 36.4 Å². The van der Waals surface area contributed by atoms with Gasteiger partial charge in [-0.25, -0.2) is 4.39 Å². The van der Waals surface area contributed by atoms with E-state index in [1.54, 1.807) is 12.1 Å². The third kappa shape index (κ3) is 6.39. The molecule has 0 aliphatic heterocycles. The molecular formula is C18H16BrFN2O3. The third-order valence-corrected chi connectivity index (χ3v) is 4.01. The Morgan fingerprint density at radius 1 is 1.16 bits per heavy atom. The Bertz CT molecular complexity index is 791. The van der Waals surface area contributed by atoms with Gasteiger partial charge in [-0.15, -0.1) is 0 Å². The fraction of sp³-hybridized carbons (Fsp3) is 0.111. The second kappa shape index (κ2) is 8.98. The standard InChI is InChI=1S/C18H16BrFN2O3/c1-12-10-15(7-8-16(12)19)25-11-18(24)22-21-17(23)9-4-13-2-5-14(20)6-3-13/h2-10H,11H2,1H3,(H,21,23)(H,22,24). The van der Waals surface area contributed by atoms with Crippen LogP contribution in [0.5, 0.6) is 5.75 Å². The maximum Gasteiger partial charge on any atom is 0.276 e. The molecule has 0 atom stereocenters. The smallest absolute Gasteiger partial charge is 0.276 e. The number of rotatable bonds is 5. The molecule has 2 aromatic carbocycles. The molecule has 0 saturated carbocycles. The van der Waals surface area contributed by atoms with Crippen LogP contribution < -0.4 is 15.6 Å². The summed E-state index contributed by atoms with van der Waals surface area (Å²) in [4.78, 5) is 23.3. The molecule has 0 unspecified atom stereocenters. The third-order valence-electron chi connectivity index (χ3n) is 3.12. The van der Waals surface area contributed by atoms with Crippen LogP contribution in [0.2, 0.25) is 0 Å². The van der Waals surface area contributed by atoms with Gasteiger partial charge in [-0.2, -0.15) is 0 Å². The summed E-state index contributed by atoms with van der Waals surface area (Å²) in [5.41, 5.74) is 6.12. The van der Waals surface area contributed by atoms with Crippen molar-refractivity contribution in [2.45, 2.75) is 6.92 Å². The first-order valence-electron chi connectivity index (χ1n) is 7.35. The van der Waals surface area contributed by atoms with Crippen LogP contribution in [-0.4, -0.2) is 18.4 Å². The van der Waals surface area contributed by atoms with Crippen LogP contribution in [-0.2, 0) is 9.59 Å². The van der Waals surface area contributed by atoms with Crippen molar-refractivity contribution in [3.05, 3.63) is 70.0 Å². The minimum absolute atomic E-state index is 0.233. The lowest BCUT2D eigenvalue weighted by Gasteiger charge is -2.08. The van der Waals surface area contributed by atoms with Gasteiger partial charge in [0.15, 0.2) is 6.61 Å². The average molecular weight is 407 g/mol. The van der Waals surface area contributed by atoms with Crippen molar-refractivity contribution in [2.24, 2.45) is 0 Å². The molecule has 0 aromatic heterocycles. The molecular weight excluding hydrogens is 391 g/mol. The number of carbonyl (C=O) groups is 2. The van der Waals surface area contributed by atoms with Crippen LogP contribution in [0, 0.1) is 12.7 Å². The summed E-state index contributed by atoms with van der Waals surface area (Å²) in [7, 11) is 0. The molecule has 2 aromatic rings. The van der Waals surface area contributed by atoms with Gasteiger partial charge in [0, 0.05) is 10.5 Å². The van der Waals surface area contributed by atoms with Crippen molar-refractivity contribution in [2.75, 3.05) is 6.61 Å². The Balaban J connectivity index is 1.74. The van der Waals surface area contributed by atoms with Crippen LogP contribution in [0.1, 0.15) is 11.1 Å². The van der Waals surface area contributed by atoms with E-state index in [4.69, 9.17) is 4.74 Å². The quantitative estimate of drug-likeness (QED) is 0.591. The molecule has 0 spiro atoms. The lowest BCUT2D eigenvalue weighted by molar-refractivity contribution is -0.128. The Labute approximate surface area is 153 Å². The van der Waals surface area contributed by atoms with E-state index in [0.29, 0.717) is 11.3 Å². The van der Waals surface area contributed by atoms with E-state index in [1.807, 2.05) is 13.0 Å². The van der Waals surface area contributed by atoms with Crippen molar-refractivity contribution < 1.29 is 18.7 Å². The summed E-state index contributed by atoms with van der Waals surface area (Å²) in [5.74, 6) is -0.811. The molecule has 0 bridgehead atoms. The van der Waals surface area contributed by atoms with Crippen molar-refractivity contribution in [1.29, 1.82) is 0 Å². The molecule has 2 amide bonds. The lowest BCUT2D eigenvalue weighted by atomic mass is 10.2. The van der Waals surface area contributed by atoms with E-state index < -0.39 is 11.8 Å². The zero-order chi connectivity index (χ0) is 18.2. The number of hydrogen-bond acceptors (Lipinski definition) is 3. The summed E-state index contributed by atoms with van der Waals surface area (Å²) < 4.78 is 19.1. The highest BCUT2D eigenvalue weighted by molar-refractivity contribution is 9.10. The second-order valence-corrected chi connectivity index (χ2v) is 5.98. The van der Waals surface area contributed by atoms with Crippen molar-refractivity contribution in [3.63, 3.8) is 0 Å². The molecule has 0 fully saturated rings. The average Bonchev–Trinajstić information content (AvgIpc) is 2.60. The number of amides is 2. The lowest BCUT2D eigenvalue weighted by Crippen LogP contribution is -2.43. The first-order valence-corrected chi connectivity index (χ1v) is 8.15. The van der Waals surface area contributed by atoms with Crippen LogP contribution >= 0.6 is 15.9 Å². The van der Waals surface area contributed by atoms with E-state index in [9.17, 15) is 14.0 Å². The van der Waals surface area contributed by atoms with Gasteiger partial charge >= 0.3 is 0 Å². The summed E-state index contributed by atoms with van der Waals surface area (Å²) in [6.07, 6.45) is 2.73. The Morgan fingerprint density at radius 2 is 1.88 bits per heavy atom. The first-order chi connectivity index (χ1) is 11.9. The van der Waals surface area contributed by atoms with Crippen LogP contribution in [0.25, 0.3) is 6.08 Å². The molecule has 0 radical (unpaired) electrons. The molecule has 0 saturated heterocycles. The molecule has 130 valence electrons. The Hall–Kier alpha value is -2.67. The fourth-order valence-electron chi connectivity index (χ4n) is 1.81. The summed E-state index contributed by atoms with van der Waals surface area (Å²) in [6, 6.07) is 11.0. The number of ether oxygens (including phenoxy) is 1. The van der Waals surface area contributed by atoms with Gasteiger partial charge in [-0.05, 0) is 54.5 Å². The van der Waals surface area contributed by atoms with Crippen LogP contribution in [0.15, 0.2) is 53.0 Å². The Kier molecular flexibility index (Phi) is 6.71. The van der Waals surface area contributed by atoms with Gasteiger partial charge < -0.3 is 4.74 Å².